The second kappa shape index (κ2) is 7.11. The first-order valence-electron chi connectivity index (χ1n) is 7.37. The van der Waals surface area contributed by atoms with Crippen molar-refractivity contribution in [3.8, 4) is 0 Å². The number of halogens is 2. The summed E-state index contributed by atoms with van der Waals surface area (Å²) in [5, 5.41) is 8.68. The minimum Gasteiger partial charge on any atom is -0.365 e. The molecule has 2 aromatic rings. The van der Waals surface area contributed by atoms with E-state index in [2.05, 4.69) is 16.0 Å². The van der Waals surface area contributed by atoms with Crippen LogP contribution in [0.4, 0.5) is 17.1 Å². The molecule has 1 amide bonds. The Kier molecular flexibility index (Phi) is 4.92. The zero-order valence-corrected chi connectivity index (χ0v) is 14.1. The molecule has 24 heavy (non-hydrogen) atoms. The smallest absolute Gasteiger partial charge is 0.292 e. The van der Waals surface area contributed by atoms with Crippen molar-refractivity contribution in [2.75, 3.05) is 16.0 Å². The van der Waals surface area contributed by atoms with Crippen LogP contribution >= 0.6 is 23.2 Å². The van der Waals surface area contributed by atoms with Crippen LogP contribution in [0.5, 0.6) is 0 Å². The number of alkyl halides is 2. The largest absolute Gasteiger partial charge is 0.365 e. The van der Waals surface area contributed by atoms with Gasteiger partial charge in [-0.05, 0) is 23.8 Å². The van der Waals surface area contributed by atoms with E-state index >= 15 is 0 Å². The van der Waals surface area contributed by atoms with Crippen molar-refractivity contribution in [1.82, 2.24) is 0 Å². The van der Waals surface area contributed by atoms with Gasteiger partial charge in [-0.25, -0.2) is 0 Å². The van der Waals surface area contributed by atoms with Gasteiger partial charge in [0.15, 0.2) is 0 Å². The molecule has 5 nitrogen and oxygen atoms in total. The normalized spacial score (nSPS) is 21.1. The predicted molar refractivity (Wildman–Crippen MR) is 96.8 cm³/mol. The number of fused-ring (bicyclic) bond motifs is 2. The van der Waals surface area contributed by atoms with Crippen molar-refractivity contribution < 1.29 is 9.59 Å². The molecule has 2 atom stereocenters. The Morgan fingerprint density at radius 1 is 0.792 bits per heavy atom. The third kappa shape index (κ3) is 3.63. The van der Waals surface area contributed by atoms with Crippen molar-refractivity contribution in [2.24, 2.45) is 0 Å². The topological polar surface area (TPSA) is 70.2 Å². The molecule has 7 heteroatoms. The van der Waals surface area contributed by atoms with Gasteiger partial charge in [0.25, 0.3) is 5.91 Å². The molecule has 2 heterocycles. The average molecular weight is 364 g/mol. The Labute approximate surface area is 149 Å². The number of hydrogen-bond donors (Lipinski definition) is 3. The van der Waals surface area contributed by atoms with E-state index in [-0.39, 0.29) is 23.2 Å². The minimum absolute atomic E-state index is 0.224. The van der Waals surface area contributed by atoms with Gasteiger partial charge in [-0.15, -0.1) is 0 Å². The third-order valence-corrected chi connectivity index (χ3v) is 4.49. The molecular formula is C17H15Cl2N3O2. The number of hydrogen-bond acceptors (Lipinski definition) is 4. The summed E-state index contributed by atoms with van der Waals surface area (Å²) in [5.74, 6) is -0.873. The lowest BCUT2D eigenvalue weighted by atomic mass is 10.0. The molecule has 0 aliphatic carbocycles. The molecule has 0 bridgehead atoms. The Balaban J connectivity index is 0.000000141. The molecule has 0 saturated carbocycles. The van der Waals surface area contributed by atoms with Gasteiger partial charge in [-0.1, -0.05) is 53.5 Å². The number of carbonyl (C=O) groups is 2. The van der Waals surface area contributed by atoms with E-state index in [1.807, 2.05) is 42.5 Å². The monoisotopic (exact) mass is 363 g/mol. The molecular weight excluding hydrogens is 349 g/mol. The molecule has 2 aromatic carbocycles. The number of benzene rings is 2. The van der Waals surface area contributed by atoms with Crippen molar-refractivity contribution in [2.45, 2.75) is 17.4 Å². The highest BCUT2D eigenvalue weighted by Gasteiger charge is 2.23. The van der Waals surface area contributed by atoms with Gasteiger partial charge < -0.3 is 16.0 Å². The first-order chi connectivity index (χ1) is 11.5. The van der Waals surface area contributed by atoms with Crippen LogP contribution in [0, 0.1) is 0 Å². The molecule has 0 radical (unpaired) electrons. The summed E-state index contributed by atoms with van der Waals surface area (Å²) in [6, 6.07) is 15.1. The lowest BCUT2D eigenvalue weighted by Gasteiger charge is -2.28. The number of amides is 1. The molecule has 0 fully saturated rings. The van der Waals surface area contributed by atoms with E-state index in [4.69, 9.17) is 23.2 Å². The second-order valence-corrected chi connectivity index (χ2v) is 6.29. The number of carbonyl (C=O) groups excluding carboxylic acids is 2. The summed E-state index contributed by atoms with van der Waals surface area (Å²) in [6.07, 6.45) is 0.224. The molecule has 124 valence electrons. The highest BCUT2D eigenvalue weighted by molar-refractivity contribution is 6.42. The lowest BCUT2D eigenvalue weighted by molar-refractivity contribution is -0.134. The van der Waals surface area contributed by atoms with Gasteiger partial charge in [0.05, 0.1) is 11.4 Å². The van der Waals surface area contributed by atoms with Gasteiger partial charge in [0.2, 0.25) is 5.78 Å². The van der Waals surface area contributed by atoms with Crippen molar-refractivity contribution in [1.29, 1.82) is 0 Å². The van der Waals surface area contributed by atoms with Crippen molar-refractivity contribution >= 4 is 52.0 Å². The predicted octanol–water partition coefficient (Wildman–Crippen LogP) is 3.40. The van der Waals surface area contributed by atoms with E-state index in [0.29, 0.717) is 0 Å². The second-order valence-electron chi connectivity index (χ2n) is 5.35. The number of ketones is 1. The highest BCUT2D eigenvalue weighted by Crippen LogP contribution is 2.30. The van der Waals surface area contributed by atoms with E-state index < -0.39 is 5.91 Å². The fourth-order valence-corrected chi connectivity index (χ4v) is 2.78. The van der Waals surface area contributed by atoms with Gasteiger partial charge in [-0.2, -0.15) is 0 Å². The molecule has 2 unspecified atom stereocenters. The summed E-state index contributed by atoms with van der Waals surface area (Å²) in [7, 11) is 0. The Bertz CT molecular complexity index is 718. The van der Waals surface area contributed by atoms with Crippen LogP contribution in [0.2, 0.25) is 0 Å². The quantitative estimate of drug-likeness (QED) is 0.381. The van der Waals surface area contributed by atoms with E-state index in [1.54, 1.807) is 6.07 Å². The maximum absolute atomic E-state index is 10.9. The van der Waals surface area contributed by atoms with Crippen molar-refractivity contribution in [3.05, 3.63) is 54.1 Å². The van der Waals surface area contributed by atoms with Gasteiger partial charge in [0.1, 0.15) is 11.0 Å². The molecule has 2 aliphatic heterocycles. The van der Waals surface area contributed by atoms with E-state index in [9.17, 15) is 9.59 Å². The minimum atomic E-state index is -0.506. The number of para-hydroxylation sites is 3. The van der Waals surface area contributed by atoms with Crippen molar-refractivity contribution in [3.63, 3.8) is 0 Å². The zero-order chi connectivity index (χ0) is 17.1. The fraction of sp³-hybridized carbons (Fsp3) is 0.176. The SMILES string of the molecule is ClC1Nc2ccccc2NC1Cl.O=C1Cc2ccccc2NC1=O. The molecule has 4 rings (SSSR count). The number of nitrogens with one attached hydrogen (secondary N) is 3. The highest BCUT2D eigenvalue weighted by atomic mass is 35.5. The van der Waals surface area contributed by atoms with Crippen LogP contribution in [-0.4, -0.2) is 22.7 Å². The third-order valence-electron chi connectivity index (χ3n) is 3.64. The summed E-state index contributed by atoms with van der Waals surface area (Å²) in [4.78, 5) is 21.8. The number of Topliss-reactive ketones (excluding diaryl/α,β-unsaturated/α-hetero) is 1. The van der Waals surface area contributed by atoms with Gasteiger partial charge >= 0.3 is 0 Å². The molecule has 3 N–H and O–H groups in total. The Morgan fingerprint density at radius 3 is 1.88 bits per heavy atom. The summed E-state index contributed by atoms with van der Waals surface area (Å²) in [5.41, 5.74) is 3.11. The maximum atomic E-state index is 10.9. The van der Waals surface area contributed by atoms with Crippen LogP contribution < -0.4 is 16.0 Å². The summed E-state index contributed by atoms with van der Waals surface area (Å²) in [6.45, 7) is 0. The first kappa shape index (κ1) is 16.6. The van der Waals surface area contributed by atoms with Crippen LogP contribution in [0.3, 0.4) is 0 Å². The van der Waals surface area contributed by atoms with Crippen LogP contribution in [0.15, 0.2) is 48.5 Å². The van der Waals surface area contributed by atoms with Crippen LogP contribution in [0.1, 0.15) is 5.56 Å². The number of rotatable bonds is 0. The molecule has 0 aromatic heterocycles. The van der Waals surface area contributed by atoms with E-state index in [0.717, 1.165) is 22.6 Å². The van der Waals surface area contributed by atoms with Gasteiger partial charge in [0, 0.05) is 12.1 Å². The fourth-order valence-electron chi connectivity index (χ4n) is 2.42. The van der Waals surface area contributed by atoms with Crippen LogP contribution in [-0.2, 0) is 16.0 Å². The maximum Gasteiger partial charge on any atom is 0.292 e. The zero-order valence-electron chi connectivity index (χ0n) is 12.6. The van der Waals surface area contributed by atoms with E-state index in [1.165, 1.54) is 0 Å². The standard InChI is InChI=1S/C9H7NO2.C8H8Cl2N2/c11-8-5-6-3-1-2-4-7(6)10-9(8)12;9-7-8(10)12-6-4-2-1-3-5(6)11-7/h1-4H,5H2,(H,10,12);1-4,7-8,11-12H. The summed E-state index contributed by atoms with van der Waals surface area (Å²) < 4.78 is 0. The Morgan fingerprint density at radius 2 is 1.29 bits per heavy atom. The molecule has 2 aliphatic rings. The van der Waals surface area contributed by atoms with Gasteiger partial charge in [-0.3, -0.25) is 9.59 Å². The first-order valence-corrected chi connectivity index (χ1v) is 8.24. The molecule has 0 saturated heterocycles. The molecule has 0 spiro atoms. The Hall–Kier alpha value is -2.24. The number of anilines is 3. The lowest BCUT2D eigenvalue weighted by Crippen LogP contribution is -2.35. The van der Waals surface area contributed by atoms with Crippen LogP contribution in [0.25, 0.3) is 0 Å². The average Bonchev–Trinajstić information content (AvgIpc) is 2.57. The summed E-state index contributed by atoms with van der Waals surface area (Å²) >= 11 is 11.8.